The molecule has 0 aliphatic carbocycles. The predicted octanol–water partition coefficient (Wildman–Crippen LogP) is 2.52. The number of methoxy groups -OCH3 is 2. The van der Waals surface area contributed by atoms with Crippen molar-refractivity contribution in [1.82, 2.24) is 4.90 Å². The molecular weight excluding hydrogens is 254 g/mol. The van der Waals surface area contributed by atoms with Crippen LogP contribution in [0.15, 0.2) is 12.1 Å². The zero-order valence-corrected chi connectivity index (χ0v) is 11.8. The van der Waals surface area contributed by atoms with Crippen molar-refractivity contribution in [3.05, 3.63) is 22.7 Å². The van der Waals surface area contributed by atoms with Gasteiger partial charge in [-0.2, -0.15) is 0 Å². The predicted molar refractivity (Wildman–Crippen MR) is 72.5 cm³/mol. The molecule has 0 atom stereocenters. The smallest absolute Gasteiger partial charge is 0.162 e. The summed E-state index contributed by atoms with van der Waals surface area (Å²) in [6.07, 6.45) is 0. The largest absolute Gasteiger partial charge is 0.504 e. The monoisotopic (exact) mass is 273 g/mol. The number of rotatable bonds is 7. The molecule has 1 N–H and O–H groups in total. The zero-order valence-electron chi connectivity index (χ0n) is 11.1. The van der Waals surface area contributed by atoms with Crippen molar-refractivity contribution in [2.24, 2.45) is 0 Å². The van der Waals surface area contributed by atoms with Gasteiger partial charge in [-0.25, -0.2) is 0 Å². The molecule has 0 radical (unpaired) electrons. The highest BCUT2D eigenvalue weighted by Gasteiger charge is 2.12. The van der Waals surface area contributed by atoms with Gasteiger partial charge in [0.05, 0.1) is 13.7 Å². The van der Waals surface area contributed by atoms with Crippen LogP contribution in [0.25, 0.3) is 0 Å². The number of aromatic hydroxyl groups is 1. The number of hydrogen-bond donors (Lipinski definition) is 1. The normalized spacial score (nSPS) is 10.9. The second-order valence-corrected chi connectivity index (χ2v) is 4.41. The molecule has 0 spiro atoms. The maximum atomic E-state index is 10.0. The lowest BCUT2D eigenvalue weighted by Gasteiger charge is -2.21. The lowest BCUT2D eigenvalue weighted by molar-refractivity contribution is 0.147. The van der Waals surface area contributed by atoms with E-state index in [1.54, 1.807) is 19.2 Å². The van der Waals surface area contributed by atoms with Crippen LogP contribution in [0.4, 0.5) is 0 Å². The first-order chi connectivity index (χ1) is 8.62. The van der Waals surface area contributed by atoms with Gasteiger partial charge in [0.1, 0.15) is 0 Å². The quantitative estimate of drug-likeness (QED) is 0.829. The van der Waals surface area contributed by atoms with Crippen LogP contribution < -0.4 is 4.74 Å². The SMILES string of the molecule is CCN(CCOC)Cc1cc(Cl)cc(OC)c1O. The van der Waals surface area contributed by atoms with E-state index in [1.165, 1.54) is 7.11 Å². The summed E-state index contributed by atoms with van der Waals surface area (Å²) in [5.41, 5.74) is 0.761. The summed E-state index contributed by atoms with van der Waals surface area (Å²) in [5.74, 6) is 0.554. The Labute approximate surface area is 113 Å². The summed E-state index contributed by atoms with van der Waals surface area (Å²) in [5, 5.41) is 10.6. The Hall–Kier alpha value is -0.970. The van der Waals surface area contributed by atoms with Crippen LogP contribution in [0, 0.1) is 0 Å². The second-order valence-electron chi connectivity index (χ2n) is 3.98. The molecule has 0 fully saturated rings. The fraction of sp³-hybridized carbons (Fsp3) is 0.538. The van der Waals surface area contributed by atoms with Crippen LogP contribution in [0.5, 0.6) is 11.5 Å². The van der Waals surface area contributed by atoms with E-state index in [0.717, 1.165) is 18.7 Å². The highest BCUT2D eigenvalue weighted by molar-refractivity contribution is 6.30. The van der Waals surface area contributed by atoms with Gasteiger partial charge in [-0.3, -0.25) is 4.90 Å². The molecule has 0 aromatic heterocycles. The Balaban J connectivity index is 2.84. The van der Waals surface area contributed by atoms with E-state index in [0.29, 0.717) is 23.9 Å². The fourth-order valence-electron chi connectivity index (χ4n) is 1.71. The van der Waals surface area contributed by atoms with Gasteiger partial charge in [0.25, 0.3) is 0 Å². The van der Waals surface area contributed by atoms with Crippen molar-refractivity contribution < 1.29 is 14.6 Å². The van der Waals surface area contributed by atoms with Crippen molar-refractivity contribution >= 4 is 11.6 Å². The molecule has 5 heteroatoms. The minimum absolute atomic E-state index is 0.151. The van der Waals surface area contributed by atoms with Gasteiger partial charge in [0, 0.05) is 36.9 Å². The number of phenolic OH excluding ortho intramolecular Hbond substituents is 1. The average Bonchev–Trinajstić information content (AvgIpc) is 2.37. The Morgan fingerprint density at radius 2 is 2.06 bits per heavy atom. The van der Waals surface area contributed by atoms with Gasteiger partial charge in [0.15, 0.2) is 11.5 Å². The van der Waals surface area contributed by atoms with Gasteiger partial charge in [-0.1, -0.05) is 18.5 Å². The van der Waals surface area contributed by atoms with E-state index >= 15 is 0 Å². The molecule has 0 bridgehead atoms. The third kappa shape index (κ3) is 4.05. The first kappa shape index (κ1) is 15.1. The van der Waals surface area contributed by atoms with Crippen LogP contribution >= 0.6 is 11.6 Å². The van der Waals surface area contributed by atoms with Gasteiger partial charge in [-0.15, -0.1) is 0 Å². The first-order valence-corrected chi connectivity index (χ1v) is 6.26. The Kier molecular flexibility index (Phi) is 6.25. The molecule has 0 heterocycles. The third-order valence-electron chi connectivity index (χ3n) is 2.79. The van der Waals surface area contributed by atoms with Crippen LogP contribution in [-0.4, -0.2) is 43.9 Å². The zero-order chi connectivity index (χ0) is 13.5. The van der Waals surface area contributed by atoms with E-state index in [9.17, 15) is 5.11 Å². The lowest BCUT2D eigenvalue weighted by Crippen LogP contribution is -2.26. The number of benzene rings is 1. The van der Waals surface area contributed by atoms with Crippen molar-refractivity contribution in [3.8, 4) is 11.5 Å². The molecule has 1 rings (SSSR count). The third-order valence-corrected chi connectivity index (χ3v) is 3.01. The van der Waals surface area contributed by atoms with Crippen molar-refractivity contribution in [3.63, 3.8) is 0 Å². The van der Waals surface area contributed by atoms with E-state index in [4.69, 9.17) is 21.1 Å². The summed E-state index contributed by atoms with van der Waals surface area (Å²) in [6, 6.07) is 3.36. The lowest BCUT2D eigenvalue weighted by atomic mass is 10.1. The molecule has 18 heavy (non-hydrogen) atoms. The molecule has 1 aromatic rings. The minimum atomic E-state index is 0.151. The van der Waals surface area contributed by atoms with E-state index < -0.39 is 0 Å². The molecule has 0 saturated carbocycles. The number of nitrogens with zero attached hydrogens (tertiary/aromatic N) is 1. The van der Waals surface area contributed by atoms with Crippen molar-refractivity contribution in [2.75, 3.05) is 33.9 Å². The summed E-state index contributed by atoms with van der Waals surface area (Å²) in [4.78, 5) is 2.16. The molecule has 0 aliphatic heterocycles. The Morgan fingerprint density at radius 1 is 1.33 bits per heavy atom. The highest BCUT2D eigenvalue weighted by Crippen LogP contribution is 2.34. The molecule has 0 amide bonds. The molecular formula is C13H20ClNO3. The minimum Gasteiger partial charge on any atom is -0.504 e. The molecule has 102 valence electrons. The summed E-state index contributed by atoms with van der Waals surface area (Å²) < 4.78 is 10.1. The Bertz CT molecular complexity index is 385. The van der Waals surface area contributed by atoms with E-state index in [2.05, 4.69) is 11.8 Å². The molecule has 0 saturated heterocycles. The van der Waals surface area contributed by atoms with Gasteiger partial charge < -0.3 is 14.6 Å². The summed E-state index contributed by atoms with van der Waals surface area (Å²) in [6.45, 7) is 5.02. The summed E-state index contributed by atoms with van der Waals surface area (Å²) >= 11 is 6.00. The average molecular weight is 274 g/mol. The van der Waals surface area contributed by atoms with Crippen molar-refractivity contribution in [2.45, 2.75) is 13.5 Å². The molecule has 0 unspecified atom stereocenters. The number of ether oxygens (including phenoxy) is 2. The number of halogens is 1. The number of phenols is 1. The van der Waals surface area contributed by atoms with Gasteiger partial charge >= 0.3 is 0 Å². The number of likely N-dealkylation sites (N-methyl/N-ethyl adjacent to an activating group) is 1. The van der Waals surface area contributed by atoms with Gasteiger partial charge in [-0.05, 0) is 12.6 Å². The maximum absolute atomic E-state index is 10.0. The molecule has 4 nitrogen and oxygen atoms in total. The Morgan fingerprint density at radius 3 is 2.61 bits per heavy atom. The summed E-state index contributed by atoms with van der Waals surface area (Å²) in [7, 11) is 3.19. The highest BCUT2D eigenvalue weighted by atomic mass is 35.5. The molecule has 0 aliphatic rings. The van der Waals surface area contributed by atoms with Crippen LogP contribution in [0.2, 0.25) is 5.02 Å². The van der Waals surface area contributed by atoms with E-state index in [1.807, 2.05) is 0 Å². The van der Waals surface area contributed by atoms with Crippen LogP contribution in [0.3, 0.4) is 0 Å². The fourth-order valence-corrected chi connectivity index (χ4v) is 1.95. The first-order valence-electron chi connectivity index (χ1n) is 5.89. The topological polar surface area (TPSA) is 41.9 Å². The second kappa shape index (κ2) is 7.46. The van der Waals surface area contributed by atoms with E-state index in [-0.39, 0.29) is 5.75 Å². The number of hydrogen-bond acceptors (Lipinski definition) is 4. The van der Waals surface area contributed by atoms with Crippen LogP contribution in [0.1, 0.15) is 12.5 Å². The van der Waals surface area contributed by atoms with Gasteiger partial charge in [0.2, 0.25) is 0 Å². The maximum Gasteiger partial charge on any atom is 0.162 e. The van der Waals surface area contributed by atoms with Crippen molar-refractivity contribution in [1.29, 1.82) is 0 Å². The molecule has 1 aromatic carbocycles. The standard InChI is InChI=1S/C13H20ClNO3/c1-4-15(5-6-17-2)9-10-7-11(14)8-12(18-3)13(10)16/h7-8,16H,4-6,9H2,1-3H3. The van der Waals surface area contributed by atoms with Crippen LogP contribution in [-0.2, 0) is 11.3 Å².